The van der Waals surface area contributed by atoms with Crippen molar-refractivity contribution in [1.29, 1.82) is 0 Å². The topological polar surface area (TPSA) is 148 Å². The van der Waals surface area contributed by atoms with E-state index < -0.39 is 0 Å². The van der Waals surface area contributed by atoms with Crippen molar-refractivity contribution in [2.24, 2.45) is 0 Å². The van der Waals surface area contributed by atoms with Gasteiger partial charge in [0.2, 0.25) is 5.95 Å². The van der Waals surface area contributed by atoms with Gasteiger partial charge in [0.25, 0.3) is 0 Å². The Labute approximate surface area is 706 Å². The van der Waals surface area contributed by atoms with Gasteiger partial charge in [0.1, 0.15) is 17.5 Å². The highest BCUT2D eigenvalue weighted by Gasteiger charge is 2.31. The molecule has 0 unspecified atom stereocenters. The van der Waals surface area contributed by atoms with Gasteiger partial charge in [0.05, 0.1) is 59.3 Å². The zero-order chi connectivity index (χ0) is 81.7. The first-order chi connectivity index (χ1) is 55.8. The highest BCUT2D eigenvalue weighted by molar-refractivity contribution is 7.16. The first-order valence-corrected chi connectivity index (χ1v) is 45.0. The van der Waals surface area contributed by atoms with Gasteiger partial charge in [-0.05, 0) is 215 Å². The highest BCUT2D eigenvalue weighted by Crippen LogP contribution is 2.30. The van der Waals surface area contributed by atoms with Crippen LogP contribution >= 0.6 is 11.3 Å². The summed E-state index contributed by atoms with van der Waals surface area (Å²) in [5.74, 6) is 3.93. The first-order valence-electron chi connectivity index (χ1n) is 44.1. The Morgan fingerprint density at radius 1 is 0.345 bits per heavy atom. The molecule has 1 aliphatic carbocycles. The van der Waals surface area contributed by atoms with E-state index in [0.717, 1.165) is 163 Å². The summed E-state index contributed by atoms with van der Waals surface area (Å²) in [6, 6.07) is 24.6. The van der Waals surface area contributed by atoms with E-state index in [1.807, 2.05) is 94.7 Å². The zero-order valence-electron chi connectivity index (χ0n) is 73.6. The highest BCUT2D eigenvalue weighted by atomic mass is 32.1. The smallest absolute Gasteiger partial charge is 0.225 e. The number of benzene rings is 2. The van der Waals surface area contributed by atoms with Crippen LogP contribution in [0.3, 0.4) is 0 Å². The fourth-order valence-electron chi connectivity index (χ4n) is 15.8. The fraction of sp³-hybridized carbons (Fsp3) is 0.634. The maximum absolute atomic E-state index is 4.47. The van der Waals surface area contributed by atoms with Gasteiger partial charge in [-0.3, -0.25) is 34.6 Å². The van der Waals surface area contributed by atoms with Gasteiger partial charge in [-0.15, -0.1) is 17.9 Å². The molecule has 0 N–H and O–H groups in total. The molecule has 5 aromatic heterocycles. The van der Waals surface area contributed by atoms with Crippen LogP contribution in [-0.2, 0) is 0 Å². The molecule has 0 atom stereocenters. The Kier molecular flexibility index (Phi) is 41.4. The number of hydrogen-bond acceptors (Lipinski definition) is 23. The van der Waals surface area contributed by atoms with Crippen LogP contribution in [0.2, 0.25) is 0 Å². The molecule has 116 heavy (non-hydrogen) atoms. The van der Waals surface area contributed by atoms with Crippen molar-refractivity contribution in [3.63, 3.8) is 0 Å². The molecule has 15 rings (SSSR count). The van der Waals surface area contributed by atoms with Crippen molar-refractivity contribution in [3.05, 3.63) is 162 Å². The average Bonchev–Trinajstić information content (AvgIpc) is 1.70. The second-order valence-electron chi connectivity index (χ2n) is 33.0. The van der Waals surface area contributed by atoms with E-state index >= 15 is 0 Å². The Hall–Kier alpha value is -7.48. The van der Waals surface area contributed by atoms with E-state index in [0.29, 0.717) is 12.1 Å². The maximum atomic E-state index is 4.47. The average molecular weight is 1610 g/mol. The summed E-state index contributed by atoms with van der Waals surface area (Å²) >= 11 is 1.92. The lowest BCUT2D eigenvalue weighted by atomic mass is 10.2. The summed E-state index contributed by atoms with van der Waals surface area (Å²) in [4.78, 5) is 71.1. The van der Waals surface area contributed by atoms with Gasteiger partial charge in [-0.25, -0.2) is 24.9 Å². The summed E-state index contributed by atoms with van der Waals surface area (Å²) in [5, 5.41) is 1.45. The number of likely N-dealkylation sites (N-methyl/N-ethyl adjacent to an activating group) is 3. The molecular weight excluding hydrogens is 1460 g/mol. The van der Waals surface area contributed by atoms with Crippen molar-refractivity contribution < 1.29 is 0 Å². The molecule has 12 heterocycles. The minimum absolute atomic E-state index is 0. The standard InChI is InChI=1S/C15H24N2.C14H22N2.2C13H20N4.C13H22N2S.2C12H20N4.CH4/c1-13(2)16-9-4-10-17(12-11-16)15-7-5-14(3)6-8-15;1-3-15-9-4-10-16(12-11-15)14-7-5-13(2)6-8-14;1-11-9-15-13(10-14-11)17-6-2-5-16(7-8-17)12-3-4-12;1-3-5-16-6-4-7-17(9-8-16)13-11-14-12(2)10-15-13;1-11(2)14-7-4-8-15(10-9-14)13-6-5-12(3)16-13;1-3-15-5-4-6-16(8-7-15)12-10-13-11(2)9-14-12;1-3-15-5-4-6-16(8-7-15)12-13-9-11(2)10-14-12;/h5-8,13H,4,9-12H2,1-3H3;5-8H,3-4,9-12H2,1-2H3;9-10,12H,2-8H2,1H3;3,10-11H,1,4-9H2,2H3;5-6,11H,4,7-10H2,1-3H3;2*9-10H,3-8H2,1-2H3;1H4. The van der Waals surface area contributed by atoms with Gasteiger partial charge in [0.15, 0.2) is 0 Å². The predicted molar refractivity (Wildman–Crippen MR) is 494 cm³/mol. The summed E-state index contributed by atoms with van der Waals surface area (Å²) in [6.07, 6.45) is 28.4. The van der Waals surface area contributed by atoms with E-state index in [2.05, 4.69) is 245 Å². The van der Waals surface area contributed by atoms with Crippen LogP contribution in [0.4, 0.5) is 39.8 Å². The van der Waals surface area contributed by atoms with Crippen molar-refractivity contribution in [2.45, 2.75) is 180 Å². The quantitative estimate of drug-likeness (QED) is 0.0895. The number of rotatable bonds is 15. The molecule has 640 valence electrons. The SMILES string of the molecule is C.C=CCN1CCCN(c2cnc(C)cn2)CC1.CCN1CCCN(c2ccc(C)cc2)CC1.CCN1CCCN(c2cnc(C)cn2)CC1.CCN1CCCN(c2ncc(C)cn2)CC1.Cc1ccc(N2CCCN(C(C)C)CC2)cc1.Cc1ccc(N2CCCN(C(C)C)CC2)s1.Cc1cnc(N2CCCN(C3CC3)CC2)cn1. The molecule has 0 bridgehead atoms. The molecule has 2 aromatic carbocycles. The number of anilines is 7. The summed E-state index contributed by atoms with van der Waals surface area (Å²) in [5.41, 5.74) is 9.49. The molecule has 0 radical (unpaired) electrons. The number of nitrogens with zero attached hydrogens (tertiary/aromatic N) is 22. The molecule has 8 aliphatic rings. The maximum Gasteiger partial charge on any atom is 0.225 e. The fourth-order valence-corrected chi connectivity index (χ4v) is 16.7. The molecule has 1 saturated carbocycles. The minimum atomic E-state index is 0. The Bertz CT molecular complexity index is 3520. The number of aryl methyl sites for hydroxylation is 7. The third-order valence-electron chi connectivity index (χ3n) is 23.4. The molecule has 22 nitrogen and oxygen atoms in total. The van der Waals surface area contributed by atoms with Crippen LogP contribution in [-0.4, -0.2) is 302 Å². The lowest BCUT2D eigenvalue weighted by molar-refractivity contribution is 0.238. The van der Waals surface area contributed by atoms with E-state index in [4.69, 9.17) is 0 Å². The molecule has 7 saturated heterocycles. The number of thiophene rings is 1. The normalized spacial score (nSPS) is 18.9. The first kappa shape index (κ1) is 94.0. The lowest BCUT2D eigenvalue weighted by Crippen LogP contribution is -2.35. The third kappa shape index (κ3) is 32.7. The van der Waals surface area contributed by atoms with Crippen LogP contribution in [0.1, 0.15) is 152 Å². The second-order valence-corrected chi connectivity index (χ2v) is 34.2. The van der Waals surface area contributed by atoms with Gasteiger partial charge in [0, 0.05) is 217 Å². The number of hydrogen-bond donors (Lipinski definition) is 0. The van der Waals surface area contributed by atoms with Gasteiger partial charge in [-0.1, -0.05) is 69.7 Å². The summed E-state index contributed by atoms with van der Waals surface area (Å²) < 4.78 is 0. The second kappa shape index (κ2) is 51.1. The largest absolute Gasteiger partial charge is 0.370 e. The lowest BCUT2D eigenvalue weighted by Gasteiger charge is -2.25. The summed E-state index contributed by atoms with van der Waals surface area (Å²) in [7, 11) is 0. The zero-order valence-corrected chi connectivity index (χ0v) is 74.5. The van der Waals surface area contributed by atoms with Crippen LogP contribution in [0.25, 0.3) is 0 Å². The van der Waals surface area contributed by atoms with Crippen LogP contribution in [0.5, 0.6) is 0 Å². The summed E-state index contributed by atoms with van der Waals surface area (Å²) in [6.45, 7) is 70.8. The number of aromatic nitrogens is 8. The van der Waals surface area contributed by atoms with Gasteiger partial charge in [-0.2, -0.15) is 0 Å². The van der Waals surface area contributed by atoms with Crippen molar-refractivity contribution in [3.8, 4) is 0 Å². The molecule has 7 aliphatic heterocycles. The van der Waals surface area contributed by atoms with Gasteiger partial charge >= 0.3 is 0 Å². The van der Waals surface area contributed by atoms with E-state index in [1.54, 1.807) is 0 Å². The van der Waals surface area contributed by atoms with Crippen molar-refractivity contribution in [2.75, 3.05) is 244 Å². The van der Waals surface area contributed by atoms with Crippen LogP contribution in [0.15, 0.2) is 123 Å². The molecule has 8 fully saturated rings. The minimum Gasteiger partial charge on any atom is -0.370 e. The molecular formula is C93H152N22S. The molecule has 23 heteroatoms. The third-order valence-corrected chi connectivity index (χ3v) is 24.4. The van der Waals surface area contributed by atoms with Crippen molar-refractivity contribution in [1.82, 2.24) is 74.2 Å². The van der Waals surface area contributed by atoms with E-state index in [9.17, 15) is 0 Å². The Morgan fingerprint density at radius 3 is 1.10 bits per heavy atom. The molecule has 0 spiro atoms. The van der Waals surface area contributed by atoms with Gasteiger partial charge < -0.3 is 49.0 Å². The Balaban J connectivity index is 0.000000169. The van der Waals surface area contributed by atoms with Crippen LogP contribution in [0, 0.1) is 48.5 Å². The molecule has 0 amide bonds. The van der Waals surface area contributed by atoms with E-state index in [1.165, 1.54) is 188 Å². The predicted octanol–water partition coefficient (Wildman–Crippen LogP) is 14.6. The Morgan fingerprint density at radius 2 is 0.707 bits per heavy atom. The van der Waals surface area contributed by atoms with E-state index in [-0.39, 0.29) is 7.43 Å². The molecule has 7 aromatic rings. The van der Waals surface area contributed by atoms with Crippen LogP contribution < -0.4 is 34.3 Å². The van der Waals surface area contributed by atoms with Crippen molar-refractivity contribution >= 4 is 51.1 Å². The monoisotopic (exact) mass is 1610 g/mol.